The minimum absolute atomic E-state index is 0.0202. The van der Waals surface area contributed by atoms with Gasteiger partial charge in [-0.05, 0) is 71.5 Å². The smallest absolute Gasteiger partial charge is 0.406 e. The fourth-order valence-corrected chi connectivity index (χ4v) is 3.23. The quantitative estimate of drug-likeness (QED) is 0.149. The maximum atomic E-state index is 12.3. The maximum Gasteiger partial charge on any atom is 0.573 e. The number of ether oxygens (including phenoxy) is 1. The number of alkyl halides is 3. The van der Waals surface area contributed by atoms with Crippen LogP contribution in [0.3, 0.4) is 0 Å². The summed E-state index contributed by atoms with van der Waals surface area (Å²) in [5.41, 5.74) is 4.96. The van der Waals surface area contributed by atoms with E-state index < -0.39 is 12.3 Å². The summed E-state index contributed by atoms with van der Waals surface area (Å²) in [6.07, 6.45) is -1.83. The summed E-state index contributed by atoms with van der Waals surface area (Å²) >= 11 is 5.05. The highest BCUT2D eigenvalue weighted by molar-refractivity contribution is 7.80. The van der Waals surface area contributed by atoms with Gasteiger partial charge < -0.3 is 4.74 Å². The SMILES string of the molecule is O=Nc1ccc(C(=O)NC(=S)N/N=C/c2ccc(-c3ncn(-c4ccc(OC(F)(F)F)cc4)n3)cc2)cc1. The average Bonchev–Trinajstić information content (AvgIpc) is 3.39. The molecule has 0 atom stereocenters. The summed E-state index contributed by atoms with van der Waals surface area (Å²) in [5, 5.41) is 13.6. The van der Waals surface area contributed by atoms with Gasteiger partial charge in [-0.2, -0.15) is 5.10 Å². The number of hydrazone groups is 1. The first-order valence-electron chi connectivity index (χ1n) is 10.7. The second kappa shape index (κ2) is 11.4. The van der Waals surface area contributed by atoms with Crippen molar-refractivity contribution in [2.24, 2.45) is 10.3 Å². The Morgan fingerprint density at radius 2 is 1.68 bits per heavy atom. The lowest BCUT2D eigenvalue weighted by Crippen LogP contribution is -2.36. The van der Waals surface area contributed by atoms with Crippen LogP contribution in [0.5, 0.6) is 5.75 Å². The van der Waals surface area contributed by atoms with E-state index in [0.717, 1.165) is 0 Å². The van der Waals surface area contributed by atoms with Crippen LogP contribution in [0, 0.1) is 4.91 Å². The number of nitrogens with zero attached hydrogens (tertiary/aromatic N) is 5. The summed E-state index contributed by atoms with van der Waals surface area (Å²) in [7, 11) is 0. The van der Waals surface area contributed by atoms with E-state index in [2.05, 4.69) is 35.8 Å². The van der Waals surface area contributed by atoms with Gasteiger partial charge in [0, 0.05) is 11.1 Å². The Morgan fingerprint density at radius 3 is 2.32 bits per heavy atom. The lowest BCUT2D eigenvalue weighted by Gasteiger charge is -2.09. The molecule has 1 amide bonds. The Hall–Kier alpha value is -4.98. The zero-order chi connectivity index (χ0) is 27.1. The van der Waals surface area contributed by atoms with E-state index in [4.69, 9.17) is 12.2 Å². The molecule has 4 aromatic rings. The molecule has 38 heavy (non-hydrogen) atoms. The number of aromatic nitrogens is 3. The molecule has 0 aliphatic carbocycles. The molecule has 1 aromatic heterocycles. The largest absolute Gasteiger partial charge is 0.573 e. The first-order valence-corrected chi connectivity index (χ1v) is 11.1. The van der Waals surface area contributed by atoms with Gasteiger partial charge in [0.2, 0.25) is 0 Å². The van der Waals surface area contributed by atoms with E-state index in [-0.39, 0.29) is 16.5 Å². The number of rotatable bonds is 7. The molecule has 1 heterocycles. The van der Waals surface area contributed by atoms with Crippen LogP contribution in [0.2, 0.25) is 0 Å². The van der Waals surface area contributed by atoms with Crippen LogP contribution in [-0.2, 0) is 0 Å². The molecule has 0 spiro atoms. The number of nitrogens with one attached hydrogen (secondary N) is 2. The highest BCUT2D eigenvalue weighted by Gasteiger charge is 2.31. The molecule has 0 bridgehead atoms. The molecule has 192 valence electrons. The summed E-state index contributed by atoms with van der Waals surface area (Å²) in [5.74, 6) is -0.403. The van der Waals surface area contributed by atoms with Crippen LogP contribution in [0.1, 0.15) is 15.9 Å². The predicted octanol–water partition coefficient (Wildman–Crippen LogP) is 4.87. The van der Waals surface area contributed by atoms with Crippen molar-refractivity contribution >= 4 is 35.1 Å². The molecule has 14 heteroatoms. The topological polar surface area (TPSA) is 123 Å². The van der Waals surface area contributed by atoms with Gasteiger partial charge in [-0.15, -0.1) is 23.2 Å². The van der Waals surface area contributed by atoms with E-state index in [0.29, 0.717) is 28.2 Å². The standard InChI is InChI=1S/C24H16F3N7O3S/c25-24(26,27)37-20-11-9-19(10-12-20)34-14-28-21(32-34)16-3-1-15(2-4-16)13-29-31-23(38)30-22(35)17-5-7-18(33-36)8-6-17/h1-14H,(H2,30,31,35,38)/b29-13+. The summed E-state index contributed by atoms with van der Waals surface area (Å²) in [6.45, 7) is 0. The van der Waals surface area contributed by atoms with Gasteiger partial charge in [-0.25, -0.2) is 9.67 Å². The van der Waals surface area contributed by atoms with Crippen LogP contribution in [0.25, 0.3) is 17.1 Å². The van der Waals surface area contributed by atoms with Gasteiger partial charge in [0.05, 0.1) is 11.9 Å². The monoisotopic (exact) mass is 539 g/mol. The zero-order valence-corrected chi connectivity index (χ0v) is 19.9. The third-order valence-corrected chi connectivity index (χ3v) is 5.03. The van der Waals surface area contributed by atoms with Crippen LogP contribution in [0.15, 0.2) is 89.4 Å². The molecular weight excluding hydrogens is 523 g/mol. The Balaban J connectivity index is 1.31. The Morgan fingerprint density at radius 1 is 1.00 bits per heavy atom. The Labute approximate surface area is 218 Å². The number of halogens is 3. The van der Waals surface area contributed by atoms with Gasteiger partial charge >= 0.3 is 6.36 Å². The molecule has 0 fully saturated rings. The molecule has 0 saturated heterocycles. The molecule has 4 rings (SSSR count). The summed E-state index contributed by atoms with van der Waals surface area (Å²) in [4.78, 5) is 26.8. The van der Waals surface area contributed by atoms with E-state index in [9.17, 15) is 22.9 Å². The number of carbonyl (C=O) groups is 1. The number of carbonyl (C=O) groups excluding carboxylic acids is 1. The van der Waals surface area contributed by atoms with Gasteiger partial charge in [0.15, 0.2) is 10.9 Å². The second-order valence-corrected chi connectivity index (χ2v) is 7.88. The Bertz CT molecular complexity index is 1470. The van der Waals surface area contributed by atoms with Crippen LogP contribution >= 0.6 is 12.2 Å². The first-order chi connectivity index (χ1) is 18.2. The minimum atomic E-state index is -4.76. The lowest BCUT2D eigenvalue weighted by molar-refractivity contribution is -0.274. The molecule has 3 aromatic carbocycles. The number of hydrogen-bond donors (Lipinski definition) is 2. The van der Waals surface area contributed by atoms with Crippen molar-refractivity contribution < 1.29 is 22.7 Å². The number of hydrogen-bond acceptors (Lipinski definition) is 8. The van der Waals surface area contributed by atoms with Gasteiger partial charge in [-0.1, -0.05) is 24.3 Å². The van der Waals surface area contributed by atoms with Crippen molar-refractivity contribution in [2.45, 2.75) is 6.36 Å². The predicted molar refractivity (Wildman–Crippen MR) is 136 cm³/mol. The molecular formula is C24H16F3N7O3S. The van der Waals surface area contributed by atoms with Gasteiger partial charge in [0.25, 0.3) is 5.91 Å². The summed E-state index contributed by atoms with van der Waals surface area (Å²) < 4.78 is 42.3. The number of nitroso groups, excluding NO2 is 1. The molecule has 0 aliphatic heterocycles. The highest BCUT2D eigenvalue weighted by Crippen LogP contribution is 2.24. The molecule has 0 aliphatic rings. The number of thiocarbonyl (C=S) groups is 1. The highest BCUT2D eigenvalue weighted by atomic mass is 32.1. The Kier molecular flexibility index (Phi) is 7.82. The van der Waals surface area contributed by atoms with E-state index in [1.807, 2.05) is 0 Å². The van der Waals surface area contributed by atoms with Crippen molar-refractivity contribution in [3.8, 4) is 22.8 Å². The van der Waals surface area contributed by atoms with E-state index in [1.54, 1.807) is 24.3 Å². The molecule has 0 saturated carbocycles. The molecule has 0 radical (unpaired) electrons. The van der Waals surface area contributed by atoms with Crippen molar-refractivity contribution in [3.05, 3.63) is 95.2 Å². The average molecular weight is 539 g/mol. The van der Waals surface area contributed by atoms with Crippen molar-refractivity contribution in [1.82, 2.24) is 25.5 Å². The number of amides is 1. The fraction of sp³-hybridized carbons (Fsp3) is 0.0417. The fourth-order valence-electron chi connectivity index (χ4n) is 3.08. The number of benzene rings is 3. The van der Waals surface area contributed by atoms with Crippen molar-refractivity contribution in [2.75, 3.05) is 0 Å². The lowest BCUT2D eigenvalue weighted by atomic mass is 10.1. The molecule has 0 unspecified atom stereocenters. The molecule has 10 nitrogen and oxygen atoms in total. The molecule has 2 N–H and O–H groups in total. The van der Waals surface area contributed by atoms with Crippen LogP contribution in [0.4, 0.5) is 18.9 Å². The first kappa shape index (κ1) is 26.1. The van der Waals surface area contributed by atoms with Crippen molar-refractivity contribution in [3.63, 3.8) is 0 Å². The van der Waals surface area contributed by atoms with Gasteiger partial charge in [-0.3, -0.25) is 15.5 Å². The van der Waals surface area contributed by atoms with E-state index >= 15 is 0 Å². The summed E-state index contributed by atoms with van der Waals surface area (Å²) in [6, 6.07) is 18.0. The van der Waals surface area contributed by atoms with Crippen LogP contribution < -0.4 is 15.5 Å². The zero-order valence-electron chi connectivity index (χ0n) is 19.1. The van der Waals surface area contributed by atoms with E-state index in [1.165, 1.54) is 65.8 Å². The second-order valence-electron chi connectivity index (χ2n) is 7.47. The normalized spacial score (nSPS) is 11.2. The maximum absolute atomic E-state index is 12.3. The van der Waals surface area contributed by atoms with Crippen LogP contribution in [-0.4, -0.2) is 38.4 Å². The van der Waals surface area contributed by atoms with Crippen molar-refractivity contribution in [1.29, 1.82) is 0 Å². The minimum Gasteiger partial charge on any atom is -0.406 e. The third kappa shape index (κ3) is 7.04. The van der Waals surface area contributed by atoms with Gasteiger partial charge in [0.1, 0.15) is 17.8 Å². The third-order valence-electron chi connectivity index (χ3n) is 4.84.